The molecule has 0 saturated heterocycles. The Hall–Kier alpha value is -2.63. The van der Waals surface area contributed by atoms with Gasteiger partial charge < -0.3 is 0 Å². The lowest BCUT2D eigenvalue weighted by Crippen LogP contribution is -2.38. The van der Waals surface area contributed by atoms with Gasteiger partial charge in [-0.3, -0.25) is 10.1 Å². The number of hydrogen-bond acceptors (Lipinski definition) is 2. The van der Waals surface area contributed by atoms with Gasteiger partial charge in [0.1, 0.15) is 6.20 Å². The van der Waals surface area contributed by atoms with Crippen molar-refractivity contribution in [3.05, 3.63) is 54.6 Å². The summed E-state index contributed by atoms with van der Waals surface area (Å²) in [6, 6.07) is 7.96. The second-order valence-electron chi connectivity index (χ2n) is 3.75. The highest BCUT2D eigenvalue weighted by Gasteiger charge is 2.11. The van der Waals surface area contributed by atoms with E-state index >= 15 is 0 Å². The van der Waals surface area contributed by atoms with Crippen LogP contribution in [0.1, 0.15) is 10.4 Å². The summed E-state index contributed by atoms with van der Waals surface area (Å²) in [5.74, 6) is -0.440. The molecule has 1 heterocycles. The molecule has 18 heavy (non-hydrogen) atoms. The summed E-state index contributed by atoms with van der Waals surface area (Å²) >= 11 is 0. The number of carbonyl (C=O) groups excluding carboxylic acids is 2. The van der Waals surface area contributed by atoms with Crippen molar-refractivity contribution >= 4 is 11.9 Å². The molecule has 2 rings (SSSR count). The number of aryl methyl sites for hydroxylation is 1. The molecular weight excluding hydrogens is 232 g/mol. The Morgan fingerprint density at radius 1 is 1.22 bits per heavy atom. The standard InChI is InChI=1S/C12H12N4O2/c1-15-7-8-16(9-15)14-12(18)13-11(17)10-5-3-2-4-6-10/h2-9H,1H3,(H-,13,14,17,18)/p+1. The third-order valence-corrected chi connectivity index (χ3v) is 2.26. The van der Waals surface area contributed by atoms with Crippen LogP contribution < -0.4 is 15.3 Å². The van der Waals surface area contributed by atoms with Crippen LogP contribution in [0.2, 0.25) is 0 Å². The molecule has 0 unspecified atom stereocenters. The molecule has 2 N–H and O–H groups in total. The lowest BCUT2D eigenvalue weighted by Gasteiger charge is -2.03. The maximum absolute atomic E-state index is 11.7. The number of rotatable bonds is 2. The molecule has 0 spiro atoms. The highest BCUT2D eigenvalue weighted by atomic mass is 16.2. The molecule has 0 aliphatic heterocycles. The number of nitrogens with zero attached hydrogens (tertiary/aromatic N) is 2. The highest BCUT2D eigenvalue weighted by Crippen LogP contribution is 1.97. The third-order valence-electron chi connectivity index (χ3n) is 2.26. The fourth-order valence-corrected chi connectivity index (χ4v) is 1.43. The fourth-order valence-electron chi connectivity index (χ4n) is 1.43. The Morgan fingerprint density at radius 3 is 2.56 bits per heavy atom. The van der Waals surface area contributed by atoms with E-state index in [-0.39, 0.29) is 0 Å². The number of hydrogen-bond donors (Lipinski definition) is 2. The van der Waals surface area contributed by atoms with Crippen LogP contribution in [-0.4, -0.2) is 16.6 Å². The maximum atomic E-state index is 11.7. The average Bonchev–Trinajstić information content (AvgIpc) is 2.75. The van der Waals surface area contributed by atoms with E-state index in [1.165, 1.54) is 4.68 Å². The number of urea groups is 1. The lowest BCUT2D eigenvalue weighted by molar-refractivity contribution is -0.670. The van der Waals surface area contributed by atoms with Crippen molar-refractivity contribution in [1.29, 1.82) is 0 Å². The first kappa shape index (κ1) is 11.8. The first-order chi connectivity index (χ1) is 8.65. The predicted molar refractivity (Wildman–Crippen MR) is 64.3 cm³/mol. The number of aromatic nitrogens is 2. The van der Waals surface area contributed by atoms with Gasteiger partial charge in [0.2, 0.25) is 0 Å². The molecular formula is C12H13N4O2+. The first-order valence-corrected chi connectivity index (χ1v) is 5.36. The SMILES string of the molecule is C[n+]1ccn(NC(=O)NC(=O)c2ccccc2)c1. The summed E-state index contributed by atoms with van der Waals surface area (Å²) in [5.41, 5.74) is 2.92. The Bertz CT molecular complexity index is 562. The smallest absolute Gasteiger partial charge is 0.271 e. The van der Waals surface area contributed by atoms with Crippen LogP contribution in [0, 0.1) is 0 Å². The minimum absolute atomic E-state index is 0.436. The molecule has 3 amide bonds. The van der Waals surface area contributed by atoms with Crippen molar-refractivity contribution in [1.82, 2.24) is 9.99 Å². The first-order valence-electron chi connectivity index (χ1n) is 5.36. The van der Waals surface area contributed by atoms with E-state index in [4.69, 9.17) is 0 Å². The van der Waals surface area contributed by atoms with Gasteiger partial charge in [-0.05, 0) is 12.1 Å². The van der Waals surface area contributed by atoms with Gasteiger partial charge in [0.15, 0.2) is 6.20 Å². The van der Waals surface area contributed by atoms with Crippen LogP contribution >= 0.6 is 0 Å². The topological polar surface area (TPSA) is 67.0 Å². The summed E-state index contributed by atoms with van der Waals surface area (Å²) in [4.78, 5) is 23.2. The zero-order valence-electron chi connectivity index (χ0n) is 9.83. The monoisotopic (exact) mass is 245 g/mol. The molecule has 0 fully saturated rings. The van der Waals surface area contributed by atoms with Gasteiger partial charge in [0.05, 0.1) is 7.05 Å². The van der Waals surface area contributed by atoms with Crippen molar-refractivity contribution in [3.63, 3.8) is 0 Å². The molecule has 92 valence electrons. The van der Waals surface area contributed by atoms with Gasteiger partial charge >= 0.3 is 6.03 Å². The quantitative estimate of drug-likeness (QED) is 0.752. The molecule has 2 aromatic rings. The largest absolute Gasteiger partial charge is 0.357 e. The van der Waals surface area contributed by atoms with Crippen molar-refractivity contribution in [3.8, 4) is 0 Å². The van der Waals surface area contributed by atoms with Crippen LogP contribution in [0.15, 0.2) is 49.1 Å². The molecule has 0 atom stereocenters. The van der Waals surface area contributed by atoms with E-state index in [9.17, 15) is 9.59 Å². The lowest BCUT2D eigenvalue weighted by atomic mass is 10.2. The molecule has 0 aliphatic rings. The van der Waals surface area contributed by atoms with Gasteiger partial charge in [-0.25, -0.2) is 9.36 Å². The summed E-state index contributed by atoms with van der Waals surface area (Å²) in [6.07, 6.45) is 5.08. The predicted octanol–water partition coefficient (Wildman–Crippen LogP) is 0.406. The molecule has 0 radical (unpaired) electrons. The molecule has 0 aliphatic carbocycles. The maximum Gasteiger partial charge on any atom is 0.357 e. The molecule has 1 aromatic heterocycles. The van der Waals surface area contributed by atoms with E-state index in [2.05, 4.69) is 10.7 Å². The van der Waals surface area contributed by atoms with E-state index in [0.717, 1.165) is 0 Å². The second kappa shape index (κ2) is 5.13. The van der Waals surface area contributed by atoms with Gasteiger partial charge in [0, 0.05) is 5.56 Å². The number of benzene rings is 1. The van der Waals surface area contributed by atoms with E-state index in [1.807, 2.05) is 7.05 Å². The van der Waals surface area contributed by atoms with Crippen molar-refractivity contribution in [2.45, 2.75) is 0 Å². The number of imidazole rings is 1. The highest BCUT2D eigenvalue weighted by molar-refractivity contribution is 6.06. The van der Waals surface area contributed by atoms with Crippen molar-refractivity contribution in [2.75, 3.05) is 5.43 Å². The second-order valence-corrected chi connectivity index (χ2v) is 3.75. The van der Waals surface area contributed by atoms with E-state index < -0.39 is 11.9 Å². The number of nitrogens with one attached hydrogen (secondary N) is 2. The zero-order chi connectivity index (χ0) is 13.0. The number of carbonyl (C=O) groups is 2. The Balaban J connectivity index is 1.94. The zero-order valence-corrected chi connectivity index (χ0v) is 9.83. The van der Waals surface area contributed by atoms with E-state index in [1.54, 1.807) is 53.6 Å². The minimum atomic E-state index is -0.583. The summed E-state index contributed by atoms with van der Waals surface area (Å²) in [5, 5.41) is 2.23. The normalized spacial score (nSPS) is 9.83. The van der Waals surface area contributed by atoms with Crippen molar-refractivity contribution in [2.24, 2.45) is 7.05 Å². The van der Waals surface area contributed by atoms with Gasteiger partial charge in [0.25, 0.3) is 12.2 Å². The molecule has 1 aromatic carbocycles. The molecule has 0 saturated carbocycles. The Morgan fingerprint density at radius 2 is 1.94 bits per heavy atom. The van der Waals surface area contributed by atoms with Gasteiger partial charge in [-0.2, -0.15) is 5.43 Å². The number of imide groups is 1. The van der Waals surface area contributed by atoms with Crippen LogP contribution in [0.25, 0.3) is 0 Å². The average molecular weight is 245 g/mol. The van der Waals surface area contributed by atoms with Crippen molar-refractivity contribution < 1.29 is 14.2 Å². The third kappa shape index (κ3) is 2.94. The minimum Gasteiger partial charge on any atom is -0.271 e. The molecule has 0 bridgehead atoms. The molecule has 6 nitrogen and oxygen atoms in total. The van der Waals surface area contributed by atoms with Gasteiger partial charge in [-0.1, -0.05) is 18.2 Å². The fraction of sp³-hybridized carbons (Fsp3) is 0.0833. The van der Waals surface area contributed by atoms with Crippen LogP contribution in [0.4, 0.5) is 4.79 Å². The summed E-state index contributed by atoms with van der Waals surface area (Å²) in [7, 11) is 1.82. The van der Waals surface area contributed by atoms with E-state index in [0.29, 0.717) is 5.56 Å². The van der Waals surface area contributed by atoms with Crippen LogP contribution in [0.3, 0.4) is 0 Å². The Kier molecular flexibility index (Phi) is 3.38. The number of amides is 3. The summed E-state index contributed by atoms with van der Waals surface area (Å²) < 4.78 is 3.22. The van der Waals surface area contributed by atoms with Crippen LogP contribution in [0.5, 0.6) is 0 Å². The Labute approximate surface area is 104 Å². The van der Waals surface area contributed by atoms with Gasteiger partial charge in [-0.15, -0.1) is 4.68 Å². The molecule has 6 heteroatoms. The van der Waals surface area contributed by atoms with Crippen LogP contribution in [-0.2, 0) is 7.05 Å². The summed E-state index contributed by atoms with van der Waals surface area (Å²) in [6.45, 7) is 0.